The molecule has 1 fully saturated rings. The summed E-state index contributed by atoms with van der Waals surface area (Å²) < 4.78 is 5.29. The first-order valence-corrected chi connectivity index (χ1v) is 8.94. The van der Waals surface area contributed by atoms with Crippen LogP contribution in [0, 0.1) is 22.5 Å². The standard InChI is InChI=1S/C20H14N2O5S/c1-2-10-27-17-8-6-14(7-9-17)12-18-19(23)21(20(24)28-18)13-15-4-3-5-16(11-15)22(25)26/h1,3-9,11-12H,10,13H2/b18-12+. The molecule has 3 rings (SSSR count). The largest absolute Gasteiger partial charge is 0.481 e. The van der Waals surface area contributed by atoms with Crippen LogP contribution in [0.25, 0.3) is 6.08 Å². The van der Waals surface area contributed by atoms with Gasteiger partial charge < -0.3 is 4.74 Å². The first-order chi connectivity index (χ1) is 13.5. The van der Waals surface area contributed by atoms with Gasteiger partial charge in [-0.1, -0.05) is 30.2 Å². The second-order valence-electron chi connectivity index (χ2n) is 5.76. The van der Waals surface area contributed by atoms with Crippen molar-refractivity contribution < 1.29 is 19.2 Å². The molecule has 0 atom stereocenters. The van der Waals surface area contributed by atoms with Gasteiger partial charge in [0, 0.05) is 12.1 Å². The molecule has 1 heterocycles. The summed E-state index contributed by atoms with van der Waals surface area (Å²) in [5.41, 5.74) is 1.15. The van der Waals surface area contributed by atoms with Crippen molar-refractivity contribution in [3.8, 4) is 18.1 Å². The van der Waals surface area contributed by atoms with Gasteiger partial charge in [0.05, 0.1) is 16.4 Å². The number of benzene rings is 2. The van der Waals surface area contributed by atoms with Crippen LogP contribution in [0.3, 0.4) is 0 Å². The Morgan fingerprint density at radius 1 is 1.21 bits per heavy atom. The second kappa shape index (κ2) is 8.41. The first kappa shape index (κ1) is 19.2. The fraction of sp³-hybridized carbons (Fsp3) is 0.100. The van der Waals surface area contributed by atoms with Crippen molar-refractivity contribution in [1.82, 2.24) is 4.90 Å². The highest BCUT2D eigenvalue weighted by molar-refractivity contribution is 8.18. The van der Waals surface area contributed by atoms with E-state index in [2.05, 4.69) is 5.92 Å². The zero-order chi connectivity index (χ0) is 20.1. The highest BCUT2D eigenvalue weighted by atomic mass is 32.2. The van der Waals surface area contributed by atoms with Gasteiger partial charge in [0.15, 0.2) is 0 Å². The van der Waals surface area contributed by atoms with Crippen LogP contribution < -0.4 is 4.74 Å². The number of ether oxygens (including phenoxy) is 1. The number of non-ortho nitro benzene ring substituents is 1. The van der Waals surface area contributed by atoms with Gasteiger partial charge in [-0.05, 0) is 41.1 Å². The molecular formula is C20H14N2O5S. The van der Waals surface area contributed by atoms with Gasteiger partial charge in [-0.25, -0.2) is 0 Å². The van der Waals surface area contributed by atoms with E-state index in [4.69, 9.17) is 11.2 Å². The van der Waals surface area contributed by atoms with Gasteiger partial charge in [-0.15, -0.1) is 6.42 Å². The molecule has 0 aliphatic carbocycles. The number of nitrogens with zero attached hydrogens (tertiary/aromatic N) is 2. The monoisotopic (exact) mass is 394 g/mol. The number of nitro groups is 1. The number of nitro benzene ring substituents is 1. The zero-order valence-corrected chi connectivity index (χ0v) is 15.3. The first-order valence-electron chi connectivity index (χ1n) is 8.13. The minimum Gasteiger partial charge on any atom is -0.481 e. The van der Waals surface area contributed by atoms with Crippen LogP contribution in [0.5, 0.6) is 5.75 Å². The molecule has 0 saturated carbocycles. The van der Waals surface area contributed by atoms with Crippen LogP contribution in [0.1, 0.15) is 11.1 Å². The maximum atomic E-state index is 12.6. The van der Waals surface area contributed by atoms with Crippen LogP contribution in [-0.2, 0) is 11.3 Å². The summed E-state index contributed by atoms with van der Waals surface area (Å²) in [6.45, 7) is 0.137. The van der Waals surface area contributed by atoms with Gasteiger partial charge >= 0.3 is 0 Å². The lowest BCUT2D eigenvalue weighted by atomic mass is 10.2. The summed E-state index contributed by atoms with van der Waals surface area (Å²) in [7, 11) is 0. The number of thioether (sulfide) groups is 1. The molecule has 0 bridgehead atoms. The summed E-state index contributed by atoms with van der Waals surface area (Å²) in [5.74, 6) is 2.54. The van der Waals surface area contributed by atoms with E-state index in [-0.39, 0.29) is 23.7 Å². The van der Waals surface area contributed by atoms with Crippen molar-refractivity contribution in [2.45, 2.75) is 6.54 Å². The molecule has 1 saturated heterocycles. The van der Waals surface area contributed by atoms with Gasteiger partial charge in [0.2, 0.25) is 0 Å². The summed E-state index contributed by atoms with van der Waals surface area (Å²) in [6, 6.07) is 12.8. The lowest BCUT2D eigenvalue weighted by Crippen LogP contribution is -2.27. The summed E-state index contributed by atoms with van der Waals surface area (Å²) in [6.07, 6.45) is 6.75. The number of amides is 2. The third-order valence-electron chi connectivity index (χ3n) is 3.84. The molecule has 28 heavy (non-hydrogen) atoms. The number of carbonyl (C=O) groups excluding carboxylic acids is 2. The van der Waals surface area contributed by atoms with Crippen LogP contribution >= 0.6 is 11.8 Å². The van der Waals surface area contributed by atoms with E-state index in [0.29, 0.717) is 11.3 Å². The molecule has 1 aliphatic heterocycles. The van der Waals surface area contributed by atoms with Gasteiger partial charge in [-0.2, -0.15) is 0 Å². The predicted molar refractivity (Wildman–Crippen MR) is 105 cm³/mol. The Morgan fingerprint density at radius 2 is 1.96 bits per heavy atom. The number of carbonyl (C=O) groups is 2. The Morgan fingerprint density at radius 3 is 2.64 bits per heavy atom. The van der Waals surface area contributed by atoms with Crippen molar-refractivity contribution in [2.75, 3.05) is 6.61 Å². The topological polar surface area (TPSA) is 89.8 Å². The fourth-order valence-corrected chi connectivity index (χ4v) is 3.36. The normalized spacial score (nSPS) is 15.0. The van der Waals surface area contributed by atoms with Gasteiger partial charge in [-0.3, -0.25) is 24.6 Å². The average molecular weight is 394 g/mol. The maximum absolute atomic E-state index is 12.6. The highest BCUT2D eigenvalue weighted by Gasteiger charge is 2.35. The Bertz CT molecular complexity index is 1010. The molecule has 0 N–H and O–H groups in total. The quantitative estimate of drug-likeness (QED) is 0.320. The summed E-state index contributed by atoms with van der Waals surface area (Å²) >= 11 is 0.831. The molecule has 0 aromatic heterocycles. The number of hydrogen-bond acceptors (Lipinski definition) is 6. The molecule has 0 radical (unpaired) electrons. The fourth-order valence-electron chi connectivity index (χ4n) is 2.52. The van der Waals surface area contributed by atoms with Gasteiger partial charge in [0.1, 0.15) is 12.4 Å². The molecule has 140 valence electrons. The molecule has 2 aromatic carbocycles. The zero-order valence-electron chi connectivity index (χ0n) is 14.5. The van der Waals surface area contributed by atoms with Crippen LogP contribution in [0.2, 0.25) is 0 Å². The van der Waals surface area contributed by atoms with E-state index < -0.39 is 16.1 Å². The smallest absolute Gasteiger partial charge is 0.293 e. The van der Waals surface area contributed by atoms with E-state index in [0.717, 1.165) is 22.2 Å². The third-order valence-corrected chi connectivity index (χ3v) is 4.74. The average Bonchev–Trinajstić information content (AvgIpc) is 2.95. The molecule has 8 heteroatoms. The van der Waals surface area contributed by atoms with E-state index in [1.54, 1.807) is 36.4 Å². The van der Waals surface area contributed by atoms with Crippen molar-refractivity contribution in [1.29, 1.82) is 0 Å². The Hall–Kier alpha value is -3.57. The number of terminal acetylenes is 1. The van der Waals surface area contributed by atoms with Crippen molar-refractivity contribution in [3.05, 3.63) is 74.7 Å². The lowest BCUT2D eigenvalue weighted by Gasteiger charge is -2.12. The van der Waals surface area contributed by atoms with Crippen molar-refractivity contribution >= 4 is 34.7 Å². The highest BCUT2D eigenvalue weighted by Crippen LogP contribution is 2.33. The molecule has 0 unspecified atom stereocenters. The van der Waals surface area contributed by atoms with E-state index >= 15 is 0 Å². The van der Waals surface area contributed by atoms with E-state index in [1.807, 2.05) is 0 Å². The lowest BCUT2D eigenvalue weighted by molar-refractivity contribution is -0.384. The molecular weight excluding hydrogens is 380 g/mol. The number of imide groups is 1. The summed E-state index contributed by atoms with van der Waals surface area (Å²) in [4.78, 5) is 36.5. The number of hydrogen-bond donors (Lipinski definition) is 0. The molecule has 0 spiro atoms. The third kappa shape index (κ3) is 4.39. The van der Waals surface area contributed by atoms with Gasteiger partial charge in [0.25, 0.3) is 16.8 Å². The molecule has 2 amide bonds. The molecule has 2 aromatic rings. The Labute approximate surface area is 165 Å². The molecule has 7 nitrogen and oxygen atoms in total. The van der Waals surface area contributed by atoms with Crippen LogP contribution in [-0.4, -0.2) is 27.6 Å². The summed E-state index contributed by atoms with van der Waals surface area (Å²) in [5, 5.41) is 10.5. The Balaban J connectivity index is 1.74. The van der Waals surface area contributed by atoms with Crippen molar-refractivity contribution in [3.63, 3.8) is 0 Å². The number of rotatable bonds is 6. The van der Waals surface area contributed by atoms with Crippen LogP contribution in [0.4, 0.5) is 10.5 Å². The van der Waals surface area contributed by atoms with Crippen LogP contribution in [0.15, 0.2) is 53.4 Å². The molecule has 1 aliphatic rings. The minimum absolute atomic E-state index is 0.0252. The SMILES string of the molecule is C#CCOc1ccc(/C=C2/SC(=O)N(Cc3cccc([N+](=O)[O-])c3)C2=O)cc1. The van der Waals surface area contributed by atoms with E-state index in [9.17, 15) is 19.7 Å². The second-order valence-corrected chi connectivity index (χ2v) is 6.75. The minimum atomic E-state index is -0.520. The maximum Gasteiger partial charge on any atom is 0.293 e. The predicted octanol–water partition coefficient (Wildman–Crippen LogP) is 3.84. The van der Waals surface area contributed by atoms with Crippen molar-refractivity contribution in [2.24, 2.45) is 0 Å². The Kier molecular flexibility index (Phi) is 5.77. The van der Waals surface area contributed by atoms with E-state index in [1.165, 1.54) is 18.2 Å².